The molecule has 7 nitrogen and oxygen atoms in total. The van der Waals surface area contributed by atoms with Gasteiger partial charge in [0, 0.05) is 6.42 Å². The molecule has 0 aliphatic rings. The van der Waals surface area contributed by atoms with Gasteiger partial charge in [-0.15, -0.1) is 0 Å². The molecular weight excluding hydrogens is 439 g/mol. The van der Waals surface area contributed by atoms with Gasteiger partial charge in [-0.25, -0.2) is 4.57 Å². The van der Waals surface area contributed by atoms with Crippen LogP contribution in [0.15, 0.2) is 0 Å². The molecule has 0 aromatic heterocycles. The minimum atomic E-state index is -4.12. The zero-order valence-electron chi connectivity index (χ0n) is 22.3. The Labute approximate surface area is 204 Å². The first-order valence-electron chi connectivity index (χ1n) is 13.3. The van der Waals surface area contributed by atoms with Crippen molar-refractivity contribution in [3.63, 3.8) is 0 Å². The maximum Gasteiger partial charge on any atom is 0.472 e. The zero-order valence-corrected chi connectivity index (χ0v) is 23.2. The number of hydrogen-bond donors (Lipinski definition) is 2. The van der Waals surface area contributed by atoms with Crippen molar-refractivity contribution in [2.45, 2.75) is 116 Å². The van der Waals surface area contributed by atoms with E-state index in [9.17, 15) is 14.3 Å². The molecular formula is C25H54N2O5P+. The molecule has 33 heavy (non-hydrogen) atoms. The van der Waals surface area contributed by atoms with Crippen LogP contribution in [0.5, 0.6) is 0 Å². The number of carbonyl (C=O) groups excluding carboxylic acids is 1. The van der Waals surface area contributed by atoms with Gasteiger partial charge in [-0.2, -0.15) is 0 Å². The minimum Gasteiger partial charge on any atom is -0.351 e. The lowest BCUT2D eigenvalue weighted by Crippen LogP contribution is -2.38. The number of phosphoric ester groups is 1. The van der Waals surface area contributed by atoms with E-state index in [2.05, 4.69) is 19.2 Å². The number of unbranched alkanes of at least 4 members (excludes halogenated alkanes) is 11. The highest BCUT2D eigenvalue weighted by Gasteiger charge is 2.25. The number of phosphoric acid groups is 1. The van der Waals surface area contributed by atoms with E-state index in [-0.39, 0.29) is 25.2 Å². The number of amides is 1. The van der Waals surface area contributed by atoms with Gasteiger partial charge in [0.15, 0.2) is 0 Å². The second-order valence-corrected chi connectivity index (χ2v) is 11.8. The van der Waals surface area contributed by atoms with Crippen LogP contribution in [-0.2, 0) is 18.4 Å². The first-order chi connectivity index (χ1) is 15.6. The second-order valence-electron chi connectivity index (χ2n) is 10.3. The number of carbonyl (C=O) groups is 1. The van der Waals surface area contributed by atoms with Crippen LogP contribution in [0, 0.1) is 0 Å². The summed E-state index contributed by atoms with van der Waals surface area (Å²) in [6, 6.07) is -0.271. The molecule has 0 bridgehead atoms. The monoisotopic (exact) mass is 493 g/mol. The van der Waals surface area contributed by atoms with Crippen molar-refractivity contribution in [2.24, 2.45) is 0 Å². The maximum absolute atomic E-state index is 12.4. The van der Waals surface area contributed by atoms with E-state index in [1.807, 2.05) is 21.1 Å². The van der Waals surface area contributed by atoms with Crippen molar-refractivity contribution in [3.05, 3.63) is 0 Å². The number of rotatable bonds is 23. The first-order valence-corrected chi connectivity index (χ1v) is 14.8. The van der Waals surface area contributed by atoms with Gasteiger partial charge >= 0.3 is 7.82 Å². The third-order valence-electron chi connectivity index (χ3n) is 5.73. The second kappa shape index (κ2) is 19.8. The highest BCUT2D eigenvalue weighted by Crippen LogP contribution is 2.43. The standard InChI is InChI=1S/C25H53N2O5P/c1-6-8-10-11-12-13-14-15-16-17-18-20-25(28)26-24(19-9-7-2)23-32-33(29,30)31-22-21-27(3,4)5/h24H,6-23H2,1-5H3,(H-,26,28,29,30)/p+1. The van der Waals surface area contributed by atoms with Gasteiger partial charge in [0.1, 0.15) is 13.2 Å². The van der Waals surface area contributed by atoms with Crippen LogP contribution in [0.3, 0.4) is 0 Å². The summed E-state index contributed by atoms with van der Waals surface area (Å²) in [6.07, 6.45) is 16.9. The summed E-state index contributed by atoms with van der Waals surface area (Å²) in [7, 11) is 1.84. The fourth-order valence-corrected chi connectivity index (χ4v) is 4.30. The highest BCUT2D eigenvalue weighted by molar-refractivity contribution is 7.47. The van der Waals surface area contributed by atoms with Gasteiger partial charge in [0.2, 0.25) is 5.91 Å². The van der Waals surface area contributed by atoms with Crippen molar-refractivity contribution >= 4 is 13.7 Å². The number of likely N-dealkylation sites (N-methyl/N-ethyl adjacent to an activating group) is 1. The largest absolute Gasteiger partial charge is 0.472 e. The first kappa shape index (κ1) is 32.5. The molecule has 2 N–H and O–H groups in total. The van der Waals surface area contributed by atoms with E-state index in [1.165, 1.54) is 57.8 Å². The fraction of sp³-hybridized carbons (Fsp3) is 0.960. The summed E-state index contributed by atoms with van der Waals surface area (Å²) in [5.74, 6) is -0.00523. The predicted octanol–water partition coefficient (Wildman–Crippen LogP) is 6.20. The van der Waals surface area contributed by atoms with Crippen LogP contribution in [0.2, 0.25) is 0 Å². The molecule has 8 heteroatoms. The van der Waals surface area contributed by atoms with E-state index in [0.717, 1.165) is 32.1 Å². The van der Waals surface area contributed by atoms with Gasteiger partial charge < -0.3 is 14.7 Å². The molecule has 0 saturated heterocycles. The van der Waals surface area contributed by atoms with Crippen LogP contribution in [0.4, 0.5) is 0 Å². The summed E-state index contributed by atoms with van der Waals surface area (Å²) in [5.41, 5.74) is 0. The number of quaternary nitrogens is 1. The van der Waals surface area contributed by atoms with Crippen molar-refractivity contribution in [2.75, 3.05) is 40.9 Å². The maximum atomic E-state index is 12.4. The Bertz CT molecular complexity index is 525. The molecule has 198 valence electrons. The van der Waals surface area contributed by atoms with Crippen molar-refractivity contribution < 1.29 is 27.8 Å². The van der Waals surface area contributed by atoms with Crippen molar-refractivity contribution in [1.82, 2.24) is 5.32 Å². The molecule has 0 aliphatic heterocycles. The number of nitrogens with one attached hydrogen (secondary N) is 1. The molecule has 0 heterocycles. The average molecular weight is 494 g/mol. The van der Waals surface area contributed by atoms with Crippen molar-refractivity contribution in [1.29, 1.82) is 0 Å². The molecule has 2 unspecified atom stereocenters. The lowest BCUT2D eigenvalue weighted by Gasteiger charge is -2.24. The lowest BCUT2D eigenvalue weighted by molar-refractivity contribution is -0.870. The summed E-state index contributed by atoms with van der Waals surface area (Å²) in [5, 5.41) is 2.99. The third-order valence-corrected chi connectivity index (χ3v) is 6.72. The SMILES string of the molecule is CCCCCCCCCCCCCC(=O)NC(CCCC)COP(=O)(O)OCC[N+](C)(C)C. The molecule has 0 aromatic carbocycles. The van der Waals surface area contributed by atoms with Crippen LogP contribution >= 0.6 is 7.82 Å². The molecule has 0 radical (unpaired) electrons. The summed E-state index contributed by atoms with van der Waals surface area (Å²) in [4.78, 5) is 22.3. The minimum absolute atomic E-state index is 0.00523. The molecule has 0 spiro atoms. The Kier molecular flexibility index (Phi) is 19.5. The number of hydrogen-bond acceptors (Lipinski definition) is 4. The Morgan fingerprint density at radius 1 is 0.848 bits per heavy atom. The molecule has 0 fully saturated rings. The molecule has 2 atom stereocenters. The van der Waals surface area contributed by atoms with Gasteiger partial charge in [-0.1, -0.05) is 90.9 Å². The Morgan fingerprint density at radius 2 is 1.36 bits per heavy atom. The van der Waals surface area contributed by atoms with Gasteiger partial charge in [0.05, 0.1) is 33.8 Å². The van der Waals surface area contributed by atoms with E-state index in [4.69, 9.17) is 9.05 Å². The fourth-order valence-electron chi connectivity index (χ4n) is 3.55. The van der Waals surface area contributed by atoms with E-state index < -0.39 is 7.82 Å². The average Bonchev–Trinajstić information content (AvgIpc) is 2.73. The third kappa shape index (κ3) is 23.1. The zero-order chi connectivity index (χ0) is 25.0. The normalized spacial score (nSPS) is 14.7. The van der Waals surface area contributed by atoms with Crippen LogP contribution in [0.1, 0.15) is 110 Å². The van der Waals surface area contributed by atoms with Crippen LogP contribution in [0.25, 0.3) is 0 Å². The predicted molar refractivity (Wildman–Crippen MR) is 137 cm³/mol. The molecule has 0 aliphatic carbocycles. The van der Waals surface area contributed by atoms with Crippen molar-refractivity contribution in [3.8, 4) is 0 Å². The summed E-state index contributed by atoms with van der Waals surface area (Å²) < 4.78 is 23.0. The van der Waals surface area contributed by atoms with E-state index in [1.54, 1.807) is 0 Å². The van der Waals surface area contributed by atoms with Crippen LogP contribution in [-0.4, -0.2) is 62.2 Å². The molecule has 1 amide bonds. The van der Waals surface area contributed by atoms with Crippen LogP contribution < -0.4 is 5.32 Å². The Hall–Kier alpha value is -0.460. The smallest absolute Gasteiger partial charge is 0.351 e. The summed E-state index contributed by atoms with van der Waals surface area (Å²) >= 11 is 0. The van der Waals surface area contributed by atoms with E-state index in [0.29, 0.717) is 17.4 Å². The van der Waals surface area contributed by atoms with Gasteiger partial charge in [-0.3, -0.25) is 13.8 Å². The topological polar surface area (TPSA) is 84.9 Å². The Balaban J connectivity index is 4.05. The van der Waals surface area contributed by atoms with Gasteiger partial charge in [-0.05, 0) is 12.8 Å². The summed E-state index contributed by atoms with van der Waals surface area (Å²) in [6.45, 7) is 5.06. The quantitative estimate of drug-likeness (QED) is 0.101. The lowest BCUT2D eigenvalue weighted by atomic mass is 10.0. The van der Waals surface area contributed by atoms with E-state index >= 15 is 0 Å². The molecule has 0 rings (SSSR count). The number of nitrogens with zero attached hydrogens (tertiary/aromatic N) is 1. The highest BCUT2D eigenvalue weighted by atomic mass is 31.2. The molecule has 0 saturated carbocycles. The Morgan fingerprint density at radius 3 is 1.88 bits per heavy atom. The van der Waals surface area contributed by atoms with Gasteiger partial charge in [0.25, 0.3) is 0 Å². The molecule has 0 aromatic rings.